The molecule has 0 aliphatic rings. The van der Waals surface area contributed by atoms with Gasteiger partial charge in [-0.15, -0.1) is 0 Å². The Kier molecular flexibility index (Phi) is 2.46. The highest BCUT2D eigenvalue weighted by Gasteiger charge is 2.39. The van der Waals surface area contributed by atoms with Gasteiger partial charge in [-0.3, -0.25) is 13.9 Å². The summed E-state index contributed by atoms with van der Waals surface area (Å²) in [6, 6.07) is 0. The Labute approximate surface area is 80.4 Å². The molecule has 0 aliphatic carbocycles. The molecule has 0 aromatic carbocycles. The van der Waals surface area contributed by atoms with Gasteiger partial charge in [0.15, 0.2) is 5.56 Å². The number of alkyl halides is 3. The summed E-state index contributed by atoms with van der Waals surface area (Å²) in [6.07, 6.45) is -5.12. The third-order valence-electron chi connectivity index (χ3n) is 1.88. The molecule has 1 rings (SSSR count). The van der Waals surface area contributed by atoms with Crippen LogP contribution in [-0.2, 0) is 20.3 Å². The zero-order chi connectivity index (χ0) is 12.0. The molecule has 0 unspecified atom stereocenters. The summed E-state index contributed by atoms with van der Waals surface area (Å²) in [4.78, 5) is 22.0. The van der Waals surface area contributed by atoms with Crippen molar-refractivity contribution in [3.63, 3.8) is 0 Å². The second kappa shape index (κ2) is 3.21. The molecule has 0 saturated carbocycles. The zero-order valence-corrected chi connectivity index (χ0v) is 7.72. The van der Waals surface area contributed by atoms with Crippen LogP contribution in [0.4, 0.5) is 17.6 Å². The van der Waals surface area contributed by atoms with Crippen LogP contribution in [-0.4, -0.2) is 9.13 Å². The molecule has 0 radical (unpaired) electrons. The molecule has 8 heteroatoms. The second-order valence-corrected chi connectivity index (χ2v) is 2.87. The zero-order valence-electron chi connectivity index (χ0n) is 7.72. The van der Waals surface area contributed by atoms with E-state index in [9.17, 15) is 27.2 Å². The van der Waals surface area contributed by atoms with E-state index in [1.807, 2.05) is 0 Å². The largest absolute Gasteiger partial charge is 0.426 e. The Morgan fingerprint density at radius 3 is 1.93 bits per heavy atom. The van der Waals surface area contributed by atoms with E-state index >= 15 is 0 Å². The van der Waals surface area contributed by atoms with E-state index in [4.69, 9.17) is 0 Å². The van der Waals surface area contributed by atoms with Crippen LogP contribution in [0.1, 0.15) is 5.56 Å². The van der Waals surface area contributed by atoms with Gasteiger partial charge in [-0.2, -0.15) is 17.6 Å². The monoisotopic (exact) mass is 226 g/mol. The van der Waals surface area contributed by atoms with E-state index in [1.54, 1.807) is 0 Å². The molecule has 1 aromatic heterocycles. The molecular formula is C7H6F4N2O2. The van der Waals surface area contributed by atoms with Crippen LogP contribution < -0.4 is 11.2 Å². The van der Waals surface area contributed by atoms with Crippen LogP contribution in [0.25, 0.3) is 0 Å². The number of nitrogens with zero attached hydrogens (tertiary/aromatic N) is 2. The van der Waals surface area contributed by atoms with Crippen LogP contribution in [0.5, 0.6) is 0 Å². The molecule has 0 fully saturated rings. The summed E-state index contributed by atoms with van der Waals surface area (Å²) in [5, 5.41) is 0. The smallest absolute Gasteiger partial charge is 0.272 e. The molecule has 0 bridgehead atoms. The summed E-state index contributed by atoms with van der Waals surface area (Å²) in [6.45, 7) is 0. The number of hydrogen-bond acceptors (Lipinski definition) is 2. The van der Waals surface area contributed by atoms with Crippen LogP contribution in [0.15, 0.2) is 9.59 Å². The lowest BCUT2D eigenvalue weighted by Crippen LogP contribution is -2.43. The van der Waals surface area contributed by atoms with Crippen molar-refractivity contribution in [1.29, 1.82) is 0 Å². The topological polar surface area (TPSA) is 44.0 Å². The first-order valence-electron chi connectivity index (χ1n) is 3.70. The Morgan fingerprint density at radius 1 is 1.07 bits per heavy atom. The van der Waals surface area contributed by atoms with E-state index in [2.05, 4.69) is 0 Å². The van der Waals surface area contributed by atoms with E-state index in [1.165, 1.54) is 0 Å². The van der Waals surface area contributed by atoms with E-state index < -0.39 is 28.9 Å². The lowest BCUT2D eigenvalue weighted by atomic mass is 10.3. The quantitative estimate of drug-likeness (QED) is 0.470. The van der Waals surface area contributed by atoms with Crippen LogP contribution in [0.3, 0.4) is 0 Å². The minimum atomic E-state index is -5.12. The molecule has 1 heterocycles. The summed E-state index contributed by atoms with van der Waals surface area (Å²) in [5.41, 5.74) is -4.80. The maximum absolute atomic E-state index is 13.0. The molecule has 4 nitrogen and oxygen atoms in total. The van der Waals surface area contributed by atoms with Gasteiger partial charge in [-0.1, -0.05) is 0 Å². The minimum Gasteiger partial charge on any atom is -0.272 e. The maximum Gasteiger partial charge on any atom is 0.426 e. The van der Waals surface area contributed by atoms with Crippen molar-refractivity contribution >= 4 is 0 Å². The number of rotatable bonds is 0. The number of aromatic nitrogens is 2. The standard InChI is InChI=1S/C7H6F4N2O2/c1-12-4(8)3(7(9,10)11)5(14)13(2)6(12)15/h1-2H3. The molecule has 0 atom stereocenters. The van der Waals surface area contributed by atoms with Gasteiger partial charge in [-0.25, -0.2) is 4.79 Å². The molecular weight excluding hydrogens is 220 g/mol. The highest BCUT2D eigenvalue weighted by atomic mass is 19.4. The summed E-state index contributed by atoms with van der Waals surface area (Å²) in [7, 11) is 1.66. The highest BCUT2D eigenvalue weighted by Crippen LogP contribution is 2.27. The van der Waals surface area contributed by atoms with Gasteiger partial charge in [0.2, 0.25) is 5.95 Å². The lowest BCUT2D eigenvalue weighted by Gasteiger charge is -2.10. The van der Waals surface area contributed by atoms with Gasteiger partial charge in [0.05, 0.1) is 0 Å². The average Bonchev–Trinajstić information content (AvgIpc) is 2.09. The summed E-state index contributed by atoms with van der Waals surface area (Å²) < 4.78 is 50.1. The molecule has 0 saturated heterocycles. The van der Waals surface area contributed by atoms with E-state index in [-0.39, 0.29) is 9.13 Å². The SMILES string of the molecule is Cn1c(F)c(C(F)(F)F)c(=O)n(C)c1=O. The van der Waals surface area contributed by atoms with Gasteiger partial charge < -0.3 is 0 Å². The van der Waals surface area contributed by atoms with Crippen LogP contribution in [0.2, 0.25) is 0 Å². The molecule has 0 amide bonds. The van der Waals surface area contributed by atoms with E-state index in [0.717, 1.165) is 14.1 Å². The number of halogens is 4. The van der Waals surface area contributed by atoms with Gasteiger partial charge in [0.1, 0.15) is 0 Å². The first kappa shape index (κ1) is 11.5. The fraction of sp³-hybridized carbons (Fsp3) is 0.429. The molecule has 0 N–H and O–H groups in total. The maximum atomic E-state index is 13.0. The Morgan fingerprint density at radius 2 is 1.53 bits per heavy atom. The van der Waals surface area contributed by atoms with Crippen molar-refractivity contribution in [3.8, 4) is 0 Å². The second-order valence-electron chi connectivity index (χ2n) is 2.87. The van der Waals surface area contributed by atoms with Gasteiger partial charge in [-0.05, 0) is 0 Å². The van der Waals surface area contributed by atoms with Gasteiger partial charge >= 0.3 is 11.9 Å². The fourth-order valence-electron chi connectivity index (χ4n) is 1.06. The minimum absolute atomic E-state index is 0.129. The first-order valence-corrected chi connectivity index (χ1v) is 3.70. The van der Waals surface area contributed by atoms with Crippen molar-refractivity contribution in [1.82, 2.24) is 9.13 Å². The molecule has 1 aromatic rings. The molecule has 15 heavy (non-hydrogen) atoms. The van der Waals surface area contributed by atoms with E-state index in [0.29, 0.717) is 0 Å². The van der Waals surface area contributed by atoms with Gasteiger partial charge in [0, 0.05) is 14.1 Å². The fourth-order valence-corrected chi connectivity index (χ4v) is 1.06. The molecule has 0 spiro atoms. The van der Waals surface area contributed by atoms with Gasteiger partial charge in [0.25, 0.3) is 5.56 Å². The number of hydrogen-bond donors (Lipinski definition) is 0. The third-order valence-corrected chi connectivity index (χ3v) is 1.88. The first-order chi connectivity index (χ1) is 6.68. The highest BCUT2D eigenvalue weighted by molar-refractivity contribution is 5.12. The predicted octanol–water partition coefficient (Wildman–Crippen LogP) is 0.242. The van der Waals surface area contributed by atoms with Crippen LogP contribution >= 0.6 is 0 Å². The summed E-state index contributed by atoms with van der Waals surface area (Å²) >= 11 is 0. The van der Waals surface area contributed by atoms with Crippen molar-refractivity contribution in [2.75, 3.05) is 0 Å². The lowest BCUT2D eigenvalue weighted by molar-refractivity contribution is -0.142. The normalized spacial score (nSPS) is 11.9. The Balaban J connectivity index is 3.85. The summed E-state index contributed by atoms with van der Waals surface area (Å²) in [5.74, 6) is -1.88. The molecule has 0 aliphatic heterocycles. The van der Waals surface area contributed by atoms with Crippen LogP contribution in [0, 0.1) is 5.95 Å². The molecule has 84 valence electrons. The van der Waals surface area contributed by atoms with Crippen molar-refractivity contribution < 1.29 is 17.6 Å². The van der Waals surface area contributed by atoms with Crippen molar-refractivity contribution in [2.45, 2.75) is 6.18 Å². The average molecular weight is 226 g/mol. The Hall–Kier alpha value is -1.60. The van der Waals surface area contributed by atoms with Crippen molar-refractivity contribution in [3.05, 3.63) is 32.3 Å². The predicted molar refractivity (Wildman–Crippen MR) is 41.9 cm³/mol. The third kappa shape index (κ3) is 1.66. The Bertz CT molecular complexity index is 511. The van der Waals surface area contributed by atoms with Crippen molar-refractivity contribution in [2.24, 2.45) is 14.1 Å².